The van der Waals surface area contributed by atoms with Crippen LogP contribution in [0.2, 0.25) is 0 Å². The van der Waals surface area contributed by atoms with E-state index in [1.54, 1.807) is 0 Å². The predicted molar refractivity (Wildman–Crippen MR) is 56.6 cm³/mol. The lowest BCUT2D eigenvalue weighted by Gasteiger charge is -2.09. The van der Waals surface area contributed by atoms with Crippen LogP contribution in [0.3, 0.4) is 0 Å². The normalized spacial score (nSPS) is 24.0. The van der Waals surface area contributed by atoms with Gasteiger partial charge in [-0.2, -0.15) is 0 Å². The van der Waals surface area contributed by atoms with E-state index in [1.807, 2.05) is 0 Å². The van der Waals surface area contributed by atoms with Crippen molar-refractivity contribution in [1.29, 1.82) is 0 Å². The molecule has 4 nitrogen and oxygen atoms in total. The average Bonchev–Trinajstić information content (AvgIpc) is 2.22. The first-order valence-electron chi connectivity index (χ1n) is 5.57. The summed E-state index contributed by atoms with van der Waals surface area (Å²) in [6.45, 7) is 7.31. The zero-order chi connectivity index (χ0) is 9.90. The molecule has 1 rings (SSSR count). The summed E-state index contributed by atoms with van der Waals surface area (Å²) in [5.74, 6) is 0. The minimum absolute atomic E-state index is 0.813. The maximum atomic E-state index is 5.42. The molecule has 1 aliphatic heterocycles. The molecule has 0 spiro atoms. The molecular weight excluding hydrogens is 180 g/mol. The summed E-state index contributed by atoms with van der Waals surface area (Å²) in [7, 11) is 0. The number of ether oxygens (including phenoxy) is 2. The van der Waals surface area contributed by atoms with Gasteiger partial charge in [-0.25, -0.2) is 0 Å². The van der Waals surface area contributed by atoms with E-state index in [4.69, 9.17) is 9.47 Å². The van der Waals surface area contributed by atoms with Crippen LogP contribution in [0.15, 0.2) is 0 Å². The van der Waals surface area contributed by atoms with E-state index in [0.29, 0.717) is 0 Å². The Morgan fingerprint density at radius 1 is 0.571 bits per heavy atom. The van der Waals surface area contributed by atoms with Crippen molar-refractivity contribution in [3.8, 4) is 0 Å². The van der Waals surface area contributed by atoms with E-state index < -0.39 is 0 Å². The van der Waals surface area contributed by atoms with Gasteiger partial charge in [-0.1, -0.05) is 0 Å². The standard InChI is InChI=1S/C10H22N2O2/c1-3-11-5-9-13-7-2-8-14-10-6-12-4-1/h11-12H,1-10H2. The van der Waals surface area contributed by atoms with Crippen LogP contribution < -0.4 is 10.6 Å². The molecule has 0 radical (unpaired) electrons. The van der Waals surface area contributed by atoms with Gasteiger partial charge in [0.15, 0.2) is 0 Å². The zero-order valence-electron chi connectivity index (χ0n) is 8.89. The van der Waals surface area contributed by atoms with Crippen LogP contribution in [-0.2, 0) is 9.47 Å². The van der Waals surface area contributed by atoms with Crippen LogP contribution in [0.4, 0.5) is 0 Å². The Morgan fingerprint density at radius 3 is 1.71 bits per heavy atom. The first kappa shape index (κ1) is 11.9. The van der Waals surface area contributed by atoms with E-state index in [0.717, 1.165) is 59.0 Å². The van der Waals surface area contributed by atoms with Gasteiger partial charge < -0.3 is 20.1 Å². The molecule has 0 bridgehead atoms. The Kier molecular flexibility index (Phi) is 8.00. The van der Waals surface area contributed by atoms with E-state index in [2.05, 4.69) is 10.6 Å². The molecule has 1 aliphatic rings. The topological polar surface area (TPSA) is 42.5 Å². The second-order valence-corrected chi connectivity index (χ2v) is 3.43. The SMILES string of the molecule is C1CNCCOCCCOCCNC1. The van der Waals surface area contributed by atoms with Crippen LogP contribution in [0.25, 0.3) is 0 Å². The first-order valence-corrected chi connectivity index (χ1v) is 5.57. The molecule has 84 valence electrons. The van der Waals surface area contributed by atoms with E-state index in [9.17, 15) is 0 Å². The van der Waals surface area contributed by atoms with Crippen LogP contribution in [0, 0.1) is 0 Å². The minimum atomic E-state index is 0.813. The van der Waals surface area contributed by atoms with Crippen molar-refractivity contribution in [2.24, 2.45) is 0 Å². The summed E-state index contributed by atoms with van der Waals surface area (Å²) in [6, 6.07) is 0. The van der Waals surface area contributed by atoms with Gasteiger partial charge in [0.1, 0.15) is 0 Å². The molecule has 0 atom stereocenters. The Bertz CT molecular complexity index is 69.4. The maximum Gasteiger partial charge on any atom is 0.0590 e. The number of nitrogens with one attached hydrogen (secondary N) is 2. The van der Waals surface area contributed by atoms with Gasteiger partial charge in [-0.05, 0) is 25.9 Å². The second-order valence-electron chi connectivity index (χ2n) is 3.43. The lowest BCUT2D eigenvalue weighted by atomic mass is 10.4. The highest BCUT2D eigenvalue weighted by molar-refractivity contribution is 4.52. The molecule has 1 fully saturated rings. The third-order valence-corrected chi connectivity index (χ3v) is 2.13. The van der Waals surface area contributed by atoms with Gasteiger partial charge in [0.25, 0.3) is 0 Å². The van der Waals surface area contributed by atoms with E-state index in [1.165, 1.54) is 6.42 Å². The molecular formula is C10H22N2O2. The lowest BCUT2D eigenvalue weighted by molar-refractivity contribution is 0.0838. The summed E-state index contributed by atoms with van der Waals surface area (Å²) < 4.78 is 10.8. The number of rotatable bonds is 0. The van der Waals surface area contributed by atoms with Crippen LogP contribution >= 0.6 is 0 Å². The molecule has 14 heavy (non-hydrogen) atoms. The molecule has 0 aliphatic carbocycles. The van der Waals surface area contributed by atoms with Crippen molar-refractivity contribution >= 4 is 0 Å². The fraction of sp³-hybridized carbons (Fsp3) is 1.00. The Labute approximate surface area is 86.3 Å². The Balaban J connectivity index is 2.00. The Hall–Kier alpha value is -0.160. The van der Waals surface area contributed by atoms with Crippen molar-refractivity contribution in [3.05, 3.63) is 0 Å². The third-order valence-electron chi connectivity index (χ3n) is 2.13. The second kappa shape index (κ2) is 9.40. The zero-order valence-corrected chi connectivity index (χ0v) is 8.89. The molecule has 0 aromatic carbocycles. The molecule has 0 amide bonds. The van der Waals surface area contributed by atoms with Crippen molar-refractivity contribution in [1.82, 2.24) is 10.6 Å². The predicted octanol–water partition coefficient (Wildman–Crippen LogP) is -0.00740. The molecule has 1 saturated heterocycles. The van der Waals surface area contributed by atoms with E-state index >= 15 is 0 Å². The first-order chi connectivity index (χ1) is 7.00. The lowest BCUT2D eigenvalue weighted by Crippen LogP contribution is -2.27. The van der Waals surface area contributed by atoms with Gasteiger partial charge in [0.05, 0.1) is 13.2 Å². The van der Waals surface area contributed by atoms with Crippen molar-refractivity contribution in [2.75, 3.05) is 52.6 Å². The highest BCUT2D eigenvalue weighted by atomic mass is 16.5. The van der Waals surface area contributed by atoms with Crippen LogP contribution in [-0.4, -0.2) is 52.6 Å². The summed E-state index contributed by atoms with van der Waals surface area (Å²) in [6.07, 6.45) is 2.17. The summed E-state index contributed by atoms with van der Waals surface area (Å²) in [5.41, 5.74) is 0. The highest BCUT2D eigenvalue weighted by Gasteiger charge is 1.94. The molecule has 1 heterocycles. The molecule has 0 saturated carbocycles. The van der Waals surface area contributed by atoms with Crippen molar-refractivity contribution in [2.45, 2.75) is 12.8 Å². The van der Waals surface area contributed by atoms with Gasteiger partial charge >= 0.3 is 0 Å². The molecule has 2 N–H and O–H groups in total. The Morgan fingerprint density at radius 2 is 1.14 bits per heavy atom. The monoisotopic (exact) mass is 202 g/mol. The van der Waals surface area contributed by atoms with E-state index in [-0.39, 0.29) is 0 Å². The van der Waals surface area contributed by atoms with Gasteiger partial charge in [0.2, 0.25) is 0 Å². The maximum absolute atomic E-state index is 5.42. The van der Waals surface area contributed by atoms with Crippen molar-refractivity contribution < 1.29 is 9.47 Å². The average molecular weight is 202 g/mol. The van der Waals surface area contributed by atoms with Gasteiger partial charge in [-0.15, -0.1) is 0 Å². The number of hydrogen-bond acceptors (Lipinski definition) is 4. The number of hydrogen-bond donors (Lipinski definition) is 2. The molecule has 0 aromatic rings. The third kappa shape index (κ3) is 7.26. The highest BCUT2D eigenvalue weighted by Crippen LogP contribution is 1.85. The fourth-order valence-corrected chi connectivity index (χ4v) is 1.34. The fourth-order valence-electron chi connectivity index (χ4n) is 1.34. The van der Waals surface area contributed by atoms with Gasteiger partial charge in [-0.3, -0.25) is 0 Å². The van der Waals surface area contributed by atoms with Crippen LogP contribution in [0.1, 0.15) is 12.8 Å². The molecule has 4 heteroatoms. The van der Waals surface area contributed by atoms with Crippen molar-refractivity contribution in [3.63, 3.8) is 0 Å². The smallest absolute Gasteiger partial charge is 0.0590 e. The largest absolute Gasteiger partial charge is 0.380 e. The molecule has 0 unspecified atom stereocenters. The quantitative estimate of drug-likeness (QED) is 0.580. The summed E-state index contributed by atoms with van der Waals surface area (Å²) in [4.78, 5) is 0. The summed E-state index contributed by atoms with van der Waals surface area (Å²) >= 11 is 0. The molecule has 0 aromatic heterocycles. The van der Waals surface area contributed by atoms with Crippen LogP contribution in [0.5, 0.6) is 0 Å². The van der Waals surface area contributed by atoms with Gasteiger partial charge in [0, 0.05) is 26.3 Å². The summed E-state index contributed by atoms with van der Waals surface area (Å²) in [5, 5.41) is 6.69. The minimum Gasteiger partial charge on any atom is -0.380 e.